The maximum Gasteiger partial charge on any atom is 0.488 e. The third-order valence-corrected chi connectivity index (χ3v) is 11.9. The minimum Gasteiger partial charge on any atom is -0.462 e. The van der Waals surface area contributed by atoms with Crippen molar-refractivity contribution in [3.05, 3.63) is 124 Å². The minimum atomic E-state index is -1.51. The number of benzene rings is 4. The Morgan fingerprint density at radius 1 is 0.567 bits per heavy atom. The quantitative estimate of drug-likeness (QED) is 0.0608. The number of hydrogen-bond donors (Lipinski definition) is 2. The van der Waals surface area contributed by atoms with Gasteiger partial charge in [-0.1, -0.05) is 102 Å². The van der Waals surface area contributed by atoms with E-state index in [9.17, 15) is 19.2 Å². The molecule has 2 N–H and O–H groups in total. The van der Waals surface area contributed by atoms with E-state index >= 15 is 0 Å². The van der Waals surface area contributed by atoms with Crippen LogP contribution >= 0.6 is 77.1 Å². The lowest BCUT2D eigenvalue weighted by Gasteiger charge is -2.30. The molecule has 0 unspecified atom stereocenters. The molecular weight excluding hydrogens is 1260 g/mol. The van der Waals surface area contributed by atoms with Gasteiger partial charge in [-0.25, -0.2) is 9.59 Å². The molecule has 15 heteroatoms. The first kappa shape index (κ1) is 60.5. The predicted molar refractivity (Wildman–Crippen MR) is 299 cm³/mol. The normalized spacial score (nSPS) is 14.5. The Morgan fingerprint density at radius 2 is 0.881 bits per heavy atom. The van der Waals surface area contributed by atoms with Crippen LogP contribution in [0.4, 0.5) is 0 Å². The van der Waals surface area contributed by atoms with Crippen molar-refractivity contribution in [1.82, 2.24) is 0 Å². The lowest BCUT2D eigenvalue weighted by Crippen LogP contribution is -2.31. The number of esters is 4. The number of hydrogen-bond acceptors (Lipinski definition) is 10. The highest BCUT2D eigenvalue weighted by Gasteiger charge is 2.40. The summed E-state index contributed by atoms with van der Waals surface area (Å²) in [6, 6.07) is 30.3. The molecule has 366 valence electrons. The van der Waals surface area contributed by atoms with Gasteiger partial charge in [-0.3, -0.25) is 9.59 Å². The summed E-state index contributed by atoms with van der Waals surface area (Å²) >= 11 is 7.71. The van der Waals surface area contributed by atoms with E-state index in [0.29, 0.717) is 42.6 Å². The zero-order valence-corrected chi connectivity index (χ0v) is 48.2. The Bertz CT molecular complexity index is 2120. The maximum absolute atomic E-state index is 12.6. The molecule has 2 aliphatic carbocycles. The first-order chi connectivity index (χ1) is 31.2. The number of ether oxygens (including phenoxy) is 4. The van der Waals surface area contributed by atoms with Crippen LogP contribution in [-0.2, 0) is 39.4 Å². The van der Waals surface area contributed by atoms with E-state index in [1.165, 1.54) is 48.2 Å². The molecule has 0 spiro atoms. The van der Waals surface area contributed by atoms with Crippen LogP contribution < -0.4 is 5.46 Å². The van der Waals surface area contributed by atoms with Crippen molar-refractivity contribution in [2.45, 2.75) is 142 Å². The van der Waals surface area contributed by atoms with Crippen LogP contribution in [0.2, 0.25) is 0 Å². The topological polar surface area (TPSA) is 146 Å². The van der Waals surface area contributed by atoms with Gasteiger partial charge in [0, 0.05) is 52.5 Å². The smallest absolute Gasteiger partial charge is 0.462 e. The van der Waals surface area contributed by atoms with E-state index in [2.05, 4.69) is 102 Å². The van der Waals surface area contributed by atoms with Crippen molar-refractivity contribution in [3.8, 4) is 11.1 Å². The largest absolute Gasteiger partial charge is 0.488 e. The zero-order valence-electron chi connectivity index (χ0n) is 40.0. The molecule has 0 bridgehead atoms. The minimum absolute atomic E-state index is 0. The van der Waals surface area contributed by atoms with Crippen LogP contribution in [0.25, 0.3) is 11.1 Å². The lowest BCUT2D eigenvalue weighted by molar-refractivity contribution is -0.157. The molecule has 4 aromatic carbocycles. The average Bonchev–Trinajstić information content (AvgIpc) is 3.95. The second kappa shape index (κ2) is 28.9. The summed E-state index contributed by atoms with van der Waals surface area (Å²) in [5.41, 5.74) is 4.88. The van der Waals surface area contributed by atoms with Crippen molar-refractivity contribution in [2.75, 3.05) is 13.2 Å². The number of carbonyl (C=O) groups excluding carboxylic acids is 4. The monoisotopic (exact) mass is 1320 g/mol. The van der Waals surface area contributed by atoms with Crippen molar-refractivity contribution < 1.29 is 48.2 Å². The fourth-order valence-electron chi connectivity index (χ4n) is 8.38. The molecule has 0 saturated heterocycles. The van der Waals surface area contributed by atoms with E-state index in [-0.39, 0.29) is 52.7 Å². The van der Waals surface area contributed by atoms with Gasteiger partial charge in [0.2, 0.25) is 0 Å². The highest BCUT2D eigenvalue weighted by Crippen LogP contribution is 2.46. The fraction of sp³-hybridized carbons (Fsp3) is 0.462. The second-order valence-electron chi connectivity index (χ2n) is 18.6. The first-order valence-corrected chi connectivity index (χ1v) is 29.6. The van der Waals surface area contributed by atoms with Gasteiger partial charge in [0.25, 0.3) is 0 Å². The number of rotatable bonds is 12. The molecule has 6 rings (SSSR count). The Balaban J connectivity index is 0.000000361. The van der Waals surface area contributed by atoms with Crippen LogP contribution in [0, 0.1) is 0 Å². The van der Waals surface area contributed by atoms with Crippen LogP contribution in [0.3, 0.4) is 0 Å². The third kappa shape index (κ3) is 20.0. The van der Waals surface area contributed by atoms with Crippen LogP contribution in [0.1, 0.15) is 151 Å². The Labute approximate surface area is 447 Å². The molecule has 2 fully saturated rings. The van der Waals surface area contributed by atoms with Gasteiger partial charge in [-0.2, -0.15) is 0 Å². The van der Waals surface area contributed by atoms with E-state index in [1.54, 1.807) is 26.0 Å². The van der Waals surface area contributed by atoms with Crippen molar-refractivity contribution in [2.24, 2.45) is 0 Å². The van der Waals surface area contributed by atoms with Gasteiger partial charge in [0.05, 0.1) is 37.2 Å². The molecule has 2 aliphatic rings. The zero-order chi connectivity index (χ0) is 49.1. The van der Waals surface area contributed by atoms with E-state index in [1.807, 2.05) is 53.7 Å². The van der Waals surface area contributed by atoms with Crippen molar-refractivity contribution in [3.63, 3.8) is 0 Å². The van der Waals surface area contributed by atoms with E-state index < -0.39 is 24.3 Å². The van der Waals surface area contributed by atoms with E-state index in [4.69, 9.17) is 29.0 Å². The first-order valence-electron chi connectivity index (χ1n) is 22.5. The highest BCUT2D eigenvalue weighted by molar-refractivity contribution is 15.0. The number of carbonyl (C=O) groups is 4. The Morgan fingerprint density at radius 3 is 1.19 bits per heavy atom. The van der Waals surface area contributed by atoms with Gasteiger partial charge < -0.3 is 29.0 Å². The second-order valence-corrected chi connectivity index (χ2v) is 19.5. The molecule has 2 saturated carbocycles. The summed E-state index contributed by atoms with van der Waals surface area (Å²) in [5, 5.41) is 17.6. The van der Waals surface area contributed by atoms with Gasteiger partial charge in [-0.15, -0.1) is 24.0 Å². The molecule has 0 aliphatic heterocycles. The summed E-state index contributed by atoms with van der Waals surface area (Å²) in [6.07, 6.45) is 9.77. The SMILES string of the molecule is CC(C)(C)OC(=O)CC1(c2ccc(Br)cc2)CCCC1.CCOC(=O)c1ccc(-c2ccc(C3(CC(=O)OC(C)(C)C)CCCC3)cc2)cc1.CCOC(=O)c1ccc(B(O)O)cc1.I.II. The van der Waals surface area contributed by atoms with Crippen molar-refractivity contribution in [1.29, 1.82) is 0 Å². The maximum atomic E-state index is 12.6. The standard InChI is InChI=1S/C26H32O4.C17H23BrO2.C9H11BO4.I2.HI/c1-5-29-24(28)21-10-8-19(9-11-21)20-12-14-22(15-13-20)26(16-6-7-17-26)18-23(27)30-25(2,3)4;1-16(2,3)20-15(19)12-17(10-4-5-11-17)13-6-8-14(18)9-7-13;1-2-14-9(11)7-3-5-8(6-4-7)10(12)13;1-2;/h8-15H,5-7,16-18H2,1-4H3;6-9H,4-5,10-12H2,1-3H3;3-6,12-13H,2H2,1H3;;1H. The Kier molecular flexibility index (Phi) is 26.1. The predicted octanol–water partition coefficient (Wildman–Crippen LogP) is 13.0. The summed E-state index contributed by atoms with van der Waals surface area (Å²) in [5.74, 6) is -0.915. The molecule has 0 radical (unpaired) electrons. The lowest BCUT2D eigenvalue weighted by atomic mass is 9.76. The van der Waals surface area contributed by atoms with Crippen LogP contribution in [0.15, 0.2) is 102 Å². The molecule has 0 amide bonds. The summed E-state index contributed by atoms with van der Waals surface area (Å²) in [6.45, 7) is 15.7. The highest BCUT2D eigenvalue weighted by atomic mass is 128. The number of halogens is 4. The average molecular weight is 1320 g/mol. The van der Waals surface area contributed by atoms with Gasteiger partial charge >= 0.3 is 31.0 Å². The van der Waals surface area contributed by atoms with E-state index in [0.717, 1.165) is 54.1 Å². The van der Waals surface area contributed by atoms with Gasteiger partial charge in [0.15, 0.2) is 0 Å². The molecule has 67 heavy (non-hydrogen) atoms. The van der Waals surface area contributed by atoms with Crippen LogP contribution in [-0.4, -0.2) is 65.5 Å². The summed E-state index contributed by atoms with van der Waals surface area (Å²) in [4.78, 5) is 47.8. The molecule has 0 aromatic heterocycles. The van der Waals surface area contributed by atoms with Gasteiger partial charge in [0.1, 0.15) is 11.2 Å². The molecular formula is C52H67BBrI3O10. The Hall–Kier alpha value is -2.59. The van der Waals surface area contributed by atoms with Crippen molar-refractivity contribution >= 4 is 114 Å². The third-order valence-electron chi connectivity index (χ3n) is 11.3. The fourth-order valence-corrected chi connectivity index (χ4v) is 8.65. The molecule has 10 nitrogen and oxygen atoms in total. The molecule has 0 heterocycles. The van der Waals surface area contributed by atoms with Crippen LogP contribution in [0.5, 0.6) is 0 Å². The molecule has 4 aromatic rings. The summed E-state index contributed by atoms with van der Waals surface area (Å²) in [7, 11) is -1.51. The molecule has 0 atom stereocenters. The van der Waals surface area contributed by atoms with Gasteiger partial charge in [-0.05, 0) is 145 Å². The summed E-state index contributed by atoms with van der Waals surface area (Å²) < 4.78 is 22.0.